The van der Waals surface area contributed by atoms with Crippen LogP contribution in [0.25, 0.3) is 0 Å². The Labute approximate surface area is 131 Å². The SMILES string of the molecule is CC(C)OCCNC(=O)c1cc(S(=O)(=O)Cl)ccc1Br. The molecule has 0 aliphatic carbocycles. The fourth-order valence-electron chi connectivity index (χ4n) is 1.38. The first-order valence-corrected chi connectivity index (χ1v) is 8.96. The molecule has 0 unspecified atom stereocenters. The highest BCUT2D eigenvalue weighted by molar-refractivity contribution is 9.10. The van der Waals surface area contributed by atoms with Gasteiger partial charge in [0.1, 0.15) is 0 Å². The van der Waals surface area contributed by atoms with E-state index in [1.54, 1.807) is 0 Å². The Bertz CT molecular complexity index is 589. The van der Waals surface area contributed by atoms with Crippen molar-refractivity contribution < 1.29 is 17.9 Å². The maximum atomic E-state index is 12.0. The van der Waals surface area contributed by atoms with E-state index >= 15 is 0 Å². The number of carbonyl (C=O) groups excluding carboxylic acids is 1. The second kappa shape index (κ2) is 7.40. The molecule has 0 heterocycles. The molecule has 1 N–H and O–H groups in total. The number of nitrogens with one attached hydrogen (secondary N) is 1. The Hall–Kier alpha value is -0.630. The number of ether oxygens (including phenoxy) is 1. The topological polar surface area (TPSA) is 72.5 Å². The normalized spacial score (nSPS) is 11.7. The summed E-state index contributed by atoms with van der Waals surface area (Å²) in [5.74, 6) is -0.397. The Morgan fingerprint density at radius 3 is 2.65 bits per heavy atom. The quantitative estimate of drug-likeness (QED) is 0.604. The van der Waals surface area contributed by atoms with Gasteiger partial charge in [-0.2, -0.15) is 0 Å². The average Bonchev–Trinajstić information content (AvgIpc) is 2.33. The van der Waals surface area contributed by atoms with Crippen molar-refractivity contribution >= 4 is 41.6 Å². The van der Waals surface area contributed by atoms with Crippen molar-refractivity contribution in [1.82, 2.24) is 5.32 Å². The predicted octanol–water partition coefficient (Wildman–Crippen LogP) is 2.53. The molecule has 0 atom stereocenters. The number of halogens is 2. The average molecular weight is 385 g/mol. The third-order valence-corrected chi connectivity index (χ3v) is 4.35. The third-order valence-electron chi connectivity index (χ3n) is 2.30. The van der Waals surface area contributed by atoms with Gasteiger partial charge in [-0.3, -0.25) is 4.79 Å². The van der Waals surface area contributed by atoms with Gasteiger partial charge < -0.3 is 10.1 Å². The summed E-state index contributed by atoms with van der Waals surface area (Å²) in [4.78, 5) is 11.8. The van der Waals surface area contributed by atoms with E-state index in [4.69, 9.17) is 15.4 Å². The van der Waals surface area contributed by atoms with Gasteiger partial charge in [-0.05, 0) is 48.0 Å². The highest BCUT2D eigenvalue weighted by Gasteiger charge is 2.16. The van der Waals surface area contributed by atoms with Crippen LogP contribution in [0.4, 0.5) is 0 Å². The van der Waals surface area contributed by atoms with E-state index in [1.807, 2.05) is 13.8 Å². The number of amides is 1. The summed E-state index contributed by atoms with van der Waals surface area (Å²) in [7, 11) is 1.39. The molecule has 0 fully saturated rings. The lowest BCUT2D eigenvalue weighted by Crippen LogP contribution is -2.28. The molecule has 0 radical (unpaired) electrons. The molecule has 1 amide bonds. The van der Waals surface area contributed by atoms with Crippen LogP contribution in [0.3, 0.4) is 0 Å². The van der Waals surface area contributed by atoms with E-state index in [2.05, 4.69) is 21.2 Å². The van der Waals surface area contributed by atoms with Crippen LogP contribution in [0.2, 0.25) is 0 Å². The van der Waals surface area contributed by atoms with Crippen molar-refractivity contribution in [2.75, 3.05) is 13.2 Å². The molecule has 0 aliphatic heterocycles. The predicted molar refractivity (Wildman–Crippen MR) is 80.6 cm³/mol. The van der Waals surface area contributed by atoms with Gasteiger partial charge in [0.05, 0.1) is 23.2 Å². The lowest BCUT2D eigenvalue weighted by Gasteiger charge is -2.10. The molecule has 8 heteroatoms. The zero-order valence-electron chi connectivity index (χ0n) is 11.0. The van der Waals surface area contributed by atoms with Crippen LogP contribution in [0, 0.1) is 0 Å². The van der Waals surface area contributed by atoms with Crippen molar-refractivity contribution in [1.29, 1.82) is 0 Å². The summed E-state index contributed by atoms with van der Waals surface area (Å²) >= 11 is 3.20. The van der Waals surface area contributed by atoms with Gasteiger partial charge in [-0.15, -0.1) is 0 Å². The van der Waals surface area contributed by atoms with E-state index < -0.39 is 15.0 Å². The van der Waals surface area contributed by atoms with Gasteiger partial charge in [-0.1, -0.05) is 0 Å². The maximum absolute atomic E-state index is 12.0. The van der Waals surface area contributed by atoms with Crippen molar-refractivity contribution in [3.63, 3.8) is 0 Å². The second-order valence-corrected chi connectivity index (χ2v) is 7.68. The highest BCUT2D eigenvalue weighted by atomic mass is 79.9. The van der Waals surface area contributed by atoms with Crippen LogP contribution in [-0.4, -0.2) is 33.6 Å². The fourth-order valence-corrected chi connectivity index (χ4v) is 2.59. The minimum absolute atomic E-state index is 0.0864. The summed E-state index contributed by atoms with van der Waals surface area (Å²) in [6.07, 6.45) is 0.0864. The Kier molecular flexibility index (Phi) is 6.44. The molecule has 0 spiro atoms. The summed E-state index contributed by atoms with van der Waals surface area (Å²) in [5, 5.41) is 2.64. The zero-order valence-corrected chi connectivity index (χ0v) is 14.2. The highest BCUT2D eigenvalue weighted by Crippen LogP contribution is 2.23. The van der Waals surface area contributed by atoms with Crippen molar-refractivity contribution in [2.24, 2.45) is 0 Å². The van der Waals surface area contributed by atoms with E-state index in [0.717, 1.165) is 0 Å². The van der Waals surface area contributed by atoms with Gasteiger partial charge >= 0.3 is 0 Å². The van der Waals surface area contributed by atoms with E-state index in [9.17, 15) is 13.2 Å². The summed E-state index contributed by atoms with van der Waals surface area (Å²) in [6, 6.07) is 4.02. The Balaban J connectivity index is 2.77. The third kappa shape index (κ3) is 5.40. The molecule has 1 rings (SSSR count). The fraction of sp³-hybridized carbons (Fsp3) is 0.417. The molecular weight excluding hydrogens is 370 g/mol. The largest absolute Gasteiger partial charge is 0.377 e. The van der Waals surface area contributed by atoms with Crippen LogP contribution in [0.5, 0.6) is 0 Å². The smallest absolute Gasteiger partial charge is 0.261 e. The zero-order chi connectivity index (χ0) is 15.3. The van der Waals surface area contributed by atoms with Crippen molar-refractivity contribution in [2.45, 2.75) is 24.8 Å². The first-order chi connectivity index (χ1) is 9.21. The number of hydrogen-bond donors (Lipinski definition) is 1. The standard InChI is InChI=1S/C12H15BrClNO4S/c1-8(2)19-6-5-15-12(16)10-7-9(20(14,17)18)3-4-11(10)13/h3-4,7-8H,5-6H2,1-2H3,(H,15,16). The first kappa shape index (κ1) is 17.4. The summed E-state index contributed by atoms with van der Waals surface area (Å²) < 4.78 is 28.3. The van der Waals surface area contributed by atoms with E-state index in [1.165, 1.54) is 18.2 Å². The van der Waals surface area contributed by atoms with Crippen LogP contribution in [0.15, 0.2) is 27.6 Å². The maximum Gasteiger partial charge on any atom is 0.261 e. The Morgan fingerprint density at radius 2 is 2.10 bits per heavy atom. The first-order valence-electron chi connectivity index (χ1n) is 5.86. The number of rotatable bonds is 6. The number of carbonyl (C=O) groups is 1. The molecule has 0 aromatic heterocycles. The lowest BCUT2D eigenvalue weighted by molar-refractivity contribution is 0.0746. The molecule has 112 valence electrons. The molecule has 5 nitrogen and oxygen atoms in total. The molecule has 0 saturated carbocycles. The molecule has 20 heavy (non-hydrogen) atoms. The van der Waals surface area contributed by atoms with Gasteiger partial charge in [0.15, 0.2) is 0 Å². The number of benzene rings is 1. The summed E-state index contributed by atoms with van der Waals surface area (Å²) in [5.41, 5.74) is 0.205. The molecule has 0 bridgehead atoms. The second-order valence-electron chi connectivity index (χ2n) is 4.25. The molecule has 1 aromatic rings. The lowest BCUT2D eigenvalue weighted by atomic mass is 10.2. The molecule has 0 aliphatic rings. The van der Waals surface area contributed by atoms with Gasteiger partial charge in [0.2, 0.25) is 0 Å². The van der Waals surface area contributed by atoms with Crippen LogP contribution in [-0.2, 0) is 13.8 Å². The van der Waals surface area contributed by atoms with Gasteiger partial charge in [0.25, 0.3) is 15.0 Å². The van der Waals surface area contributed by atoms with Gasteiger partial charge in [-0.25, -0.2) is 8.42 Å². The van der Waals surface area contributed by atoms with Crippen LogP contribution < -0.4 is 5.32 Å². The molecule has 1 aromatic carbocycles. The summed E-state index contributed by atoms with van der Waals surface area (Å²) in [6.45, 7) is 4.51. The molecule has 0 saturated heterocycles. The van der Waals surface area contributed by atoms with Crippen molar-refractivity contribution in [3.8, 4) is 0 Å². The van der Waals surface area contributed by atoms with Crippen LogP contribution in [0.1, 0.15) is 24.2 Å². The van der Waals surface area contributed by atoms with Crippen molar-refractivity contribution in [3.05, 3.63) is 28.2 Å². The molecular formula is C12H15BrClNO4S. The number of hydrogen-bond acceptors (Lipinski definition) is 4. The van der Waals surface area contributed by atoms with Crippen LogP contribution >= 0.6 is 26.6 Å². The minimum Gasteiger partial charge on any atom is -0.377 e. The van der Waals surface area contributed by atoms with E-state index in [0.29, 0.717) is 17.6 Å². The minimum atomic E-state index is -3.87. The Morgan fingerprint density at radius 1 is 1.45 bits per heavy atom. The van der Waals surface area contributed by atoms with E-state index in [-0.39, 0.29) is 16.6 Å². The monoisotopic (exact) mass is 383 g/mol. The van der Waals surface area contributed by atoms with Gasteiger partial charge in [0, 0.05) is 21.7 Å².